The second-order valence-corrected chi connectivity index (χ2v) is 11.3. The first-order chi connectivity index (χ1) is 12.2. The Morgan fingerprint density at radius 1 is 1.15 bits per heavy atom. The highest BCUT2D eigenvalue weighted by Gasteiger charge is 2.39. The molecule has 2 aromatic rings. The number of ether oxygens (including phenoxy) is 2. The molecule has 1 aromatic carbocycles. The van der Waals surface area contributed by atoms with Crippen molar-refractivity contribution in [3.8, 4) is 0 Å². The van der Waals surface area contributed by atoms with Crippen molar-refractivity contribution in [3.63, 3.8) is 0 Å². The number of nitrogens with one attached hydrogen (secondary N) is 1. The summed E-state index contributed by atoms with van der Waals surface area (Å²) in [6.45, 7) is 9.21. The lowest BCUT2D eigenvalue weighted by Crippen LogP contribution is -2.50. The molecule has 26 heavy (non-hydrogen) atoms. The van der Waals surface area contributed by atoms with Crippen LogP contribution >= 0.6 is 27.3 Å². The van der Waals surface area contributed by atoms with Crippen LogP contribution in [0.5, 0.6) is 0 Å². The van der Waals surface area contributed by atoms with E-state index in [0.717, 1.165) is 20.5 Å². The van der Waals surface area contributed by atoms with Gasteiger partial charge in [0.05, 0.1) is 18.1 Å². The SMILES string of the molecule is CC(N[S+]([O-])C(C)(C)C)(c1cccc(Br)c1)c1csc(C2OCCO2)c1. The predicted molar refractivity (Wildman–Crippen MR) is 111 cm³/mol. The normalized spacial score (nSPS) is 19.5. The molecule has 0 aliphatic carbocycles. The first-order valence-corrected chi connectivity index (χ1v) is 11.3. The van der Waals surface area contributed by atoms with Gasteiger partial charge in [0.25, 0.3) is 0 Å². The highest BCUT2D eigenvalue weighted by Crippen LogP contribution is 2.38. The summed E-state index contributed by atoms with van der Waals surface area (Å²) in [5.74, 6) is 0. The molecule has 0 spiro atoms. The van der Waals surface area contributed by atoms with E-state index in [9.17, 15) is 4.55 Å². The second-order valence-electron chi connectivity index (χ2n) is 7.43. The van der Waals surface area contributed by atoms with Gasteiger partial charge >= 0.3 is 0 Å². The van der Waals surface area contributed by atoms with E-state index in [1.54, 1.807) is 11.3 Å². The van der Waals surface area contributed by atoms with E-state index in [4.69, 9.17) is 9.47 Å². The molecule has 0 amide bonds. The average molecular weight is 458 g/mol. The summed E-state index contributed by atoms with van der Waals surface area (Å²) in [6.07, 6.45) is -0.298. The maximum atomic E-state index is 12.9. The van der Waals surface area contributed by atoms with Gasteiger partial charge in [0.2, 0.25) is 0 Å². The molecule has 7 heteroatoms. The Morgan fingerprint density at radius 3 is 2.46 bits per heavy atom. The van der Waals surface area contributed by atoms with E-state index in [0.29, 0.717) is 13.2 Å². The fourth-order valence-corrected chi connectivity index (χ4v) is 5.00. The molecule has 1 saturated heterocycles. The van der Waals surface area contributed by atoms with Crippen LogP contribution in [0.15, 0.2) is 40.2 Å². The quantitative estimate of drug-likeness (QED) is 0.650. The van der Waals surface area contributed by atoms with Gasteiger partial charge in [-0.05, 0) is 62.4 Å². The highest BCUT2D eigenvalue weighted by molar-refractivity contribution is 9.10. The van der Waals surface area contributed by atoms with E-state index in [1.807, 2.05) is 32.9 Å². The zero-order valence-corrected chi connectivity index (χ0v) is 18.6. The van der Waals surface area contributed by atoms with Gasteiger partial charge < -0.3 is 14.0 Å². The van der Waals surface area contributed by atoms with Gasteiger partial charge in [-0.1, -0.05) is 28.1 Å². The van der Waals surface area contributed by atoms with Gasteiger partial charge in [0.15, 0.2) is 6.29 Å². The molecular weight excluding hydrogens is 434 g/mol. The predicted octanol–water partition coefficient (Wildman–Crippen LogP) is 4.87. The minimum Gasteiger partial charge on any atom is -0.598 e. The standard InChI is InChI=1S/C19H24BrNO3S2/c1-18(2,3)26(22)21-19(4,13-6-5-7-15(20)10-13)14-11-16(25-12-14)17-23-8-9-24-17/h5-7,10-12,17,21H,8-9H2,1-4H3. The van der Waals surface area contributed by atoms with Crippen molar-refractivity contribution < 1.29 is 14.0 Å². The van der Waals surface area contributed by atoms with E-state index in [2.05, 4.69) is 51.2 Å². The Bertz CT molecular complexity index is 755. The first kappa shape index (κ1) is 20.3. The molecule has 1 N–H and O–H groups in total. The van der Waals surface area contributed by atoms with Crippen molar-refractivity contribution >= 4 is 38.6 Å². The average Bonchev–Trinajstić information content (AvgIpc) is 3.25. The summed E-state index contributed by atoms with van der Waals surface area (Å²) in [4.78, 5) is 1.03. The molecule has 0 bridgehead atoms. The molecule has 4 nitrogen and oxygen atoms in total. The van der Waals surface area contributed by atoms with E-state index < -0.39 is 16.9 Å². The van der Waals surface area contributed by atoms with Crippen molar-refractivity contribution in [2.75, 3.05) is 13.2 Å². The topological polar surface area (TPSA) is 53.5 Å². The molecule has 2 unspecified atom stereocenters. The number of halogens is 1. The third-order valence-electron chi connectivity index (χ3n) is 4.31. The Kier molecular flexibility index (Phi) is 6.19. The number of hydrogen-bond donors (Lipinski definition) is 1. The van der Waals surface area contributed by atoms with Crippen LogP contribution in [0.4, 0.5) is 0 Å². The Morgan fingerprint density at radius 2 is 1.85 bits per heavy atom. The van der Waals surface area contributed by atoms with Gasteiger partial charge in [-0.15, -0.1) is 16.1 Å². The third-order valence-corrected chi connectivity index (χ3v) is 7.46. The van der Waals surface area contributed by atoms with Crippen LogP contribution < -0.4 is 4.72 Å². The largest absolute Gasteiger partial charge is 0.598 e. The Balaban J connectivity index is 2.00. The Labute approximate surface area is 170 Å². The number of rotatable bonds is 5. The second kappa shape index (κ2) is 7.91. The van der Waals surface area contributed by atoms with Crippen LogP contribution in [0.2, 0.25) is 0 Å². The molecule has 1 fully saturated rings. The molecule has 0 radical (unpaired) electrons. The Hall–Kier alpha value is -0.410. The minimum atomic E-state index is -1.23. The summed E-state index contributed by atoms with van der Waals surface area (Å²) in [6, 6.07) is 10.2. The summed E-state index contributed by atoms with van der Waals surface area (Å²) in [5, 5.41) is 2.09. The maximum Gasteiger partial charge on any atom is 0.193 e. The maximum absolute atomic E-state index is 12.9. The molecule has 0 saturated carbocycles. The molecular formula is C19H24BrNO3S2. The van der Waals surface area contributed by atoms with Crippen LogP contribution in [-0.2, 0) is 26.4 Å². The molecule has 3 rings (SSSR count). The van der Waals surface area contributed by atoms with Crippen molar-refractivity contribution in [2.45, 2.75) is 44.3 Å². The number of hydrogen-bond acceptors (Lipinski definition) is 5. The van der Waals surface area contributed by atoms with E-state index >= 15 is 0 Å². The fraction of sp³-hybridized carbons (Fsp3) is 0.474. The van der Waals surface area contributed by atoms with Crippen LogP contribution in [0.1, 0.15) is 50.0 Å². The van der Waals surface area contributed by atoms with Gasteiger partial charge in [-0.25, -0.2) is 0 Å². The summed E-state index contributed by atoms with van der Waals surface area (Å²) < 4.78 is 28.2. The van der Waals surface area contributed by atoms with Crippen LogP contribution in [0, 0.1) is 0 Å². The van der Waals surface area contributed by atoms with E-state index in [-0.39, 0.29) is 11.0 Å². The molecule has 1 aromatic heterocycles. The zero-order chi connectivity index (χ0) is 18.9. The van der Waals surface area contributed by atoms with Crippen molar-refractivity contribution in [2.24, 2.45) is 0 Å². The van der Waals surface area contributed by atoms with Gasteiger partial charge in [-0.3, -0.25) is 0 Å². The zero-order valence-electron chi connectivity index (χ0n) is 15.4. The van der Waals surface area contributed by atoms with Gasteiger partial charge in [0.1, 0.15) is 10.3 Å². The third kappa shape index (κ3) is 4.35. The van der Waals surface area contributed by atoms with Crippen LogP contribution in [0.3, 0.4) is 0 Å². The number of thiophene rings is 1. The molecule has 1 aliphatic heterocycles. The van der Waals surface area contributed by atoms with Gasteiger partial charge in [-0.2, -0.15) is 0 Å². The van der Waals surface area contributed by atoms with Crippen molar-refractivity contribution in [3.05, 3.63) is 56.2 Å². The summed E-state index contributed by atoms with van der Waals surface area (Å²) in [5.41, 5.74) is 1.49. The first-order valence-electron chi connectivity index (χ1n) is 8.48. The summed E-state index contributed by atoms with van der Waals surface area (Å²) in [7, 11) is 0. The van der Waals surface area contributed by atoms with Crippen LogP contribution in [0.25, 0.3) is 0 Å². The monoisotopic (exact) mass is 457 g/mol. The van der Waals surface area contributed by atoms with Crippen molar-refractivity contribution in [1.82, 2.24) is 4.72 Å². The fourth-order valence-electron chi connectivity index (χ4n) is 2.68. The molecule has 2 atom stereocenters. The summed E-state index contributed by atoms with van der Waals surface area (Å²) >= 11 is 3.93. The highest BCUT2D eigenvalue weighted by atomic mass is 79.9. The molecule has 142 valence electrons. The molecule has 2 heterocycles. The number of benzene rings is 1. The minimum absolute atomic E-state index is 0.298. The lowest BCUT2D eigenvalue weighted by Gasteiger charge is -2.35. The molecule has 1 aliphatic rings. The van der Waals surface area contributed by atoms with E-state index in [1.165, 1.54) is 0 Å². The van der Waals surface area contributed by atoms with Gasteiger partial charge in [0, 0.05) is 15.8 Å². The smallest absolute Gasteiger partial charge is 0.193 e. The van der Waals surface area contributed by atoms with Crippen LogP contribution in [-0.4, -0.2) is 22.5 Å². The van der Waals surface area contributed by atoms with Crippen molar-refractivity contribution in [1.29, 1.82) is 0 Å². The lowest BCUT2D eigenvalue weighted by atomic mass is 9.87. The lowest BCUT2D eigenvalue weighted by molar-refractivity contribution is -0.0413.